The van der Waals surface area contributed by atoms with Crippen LogP contribution in [0.4, 0.5) is 5.69 Å². The summed E-state index contributed by atoms with van der Waals surface area (Å²) in [6, 6.07) is 18.4. The Morgan fingerprint density at radius 3 is 2.50 bits per heavy atom. The number of benzene rings is 2. The van der Waals surface area contributed by atoms with E-state index in [9.17, 15) is 0 Å². The number of nitriles is 1. The van der Waals surface area contributed by atoms with E-state index >= 15 is 0 Å². The normalized spacial score (nSPS) is 11.6. The van der Waals surface area contributed by atoms with E-state index in [0.29, 0.717) is 5.56 Å². The fourth-order valence-corrected chi connectivity index (χ4v) is 1.91. The molecule has 2 heteroatoms. The van der Waals surface area contributed by atoms with Gasteiger partial charge in [0.2, 0.25) is 0 Å². The molecule has 0 aliphatic heterocycles. The van der Waals surface area contributed by atoms with Crippen LogP contribution in [0.25, 0.3) is 0 Å². The Morgan fingerprint density at radius 2 is 1.83 bits per heavy atom. The van der Waals surface area contributed by atoms with Crippen molar-refractivity contribution in [2.45, 2.75) is 19.9 Å². The monoisotopic (exact) mass is 236 g/mol. The molecule has 0 aliphatic rings. The highest BCUT2D eigenvalue weighted by molar-refractivity contribution is 5.56. The molecule has 2 nitrogen and oxygen atoms in total. The highest BCUT2D eigenvalue weighted by atomic mass is 14.9. The SMILES string of the molecule is Cc1ccc(C#N)cc1NC(C)c1ccccc1. The van der Waals surface area contributed by atoms with Crippen LogP contribution in [-0.4, -0.2) is 0 Å². The van der Waals surface area contributed by atoms with E-state index in [0.717, 1.165) is 11.3 Å². The third kappa shape index (κ3) is 2.70. The van der Waals surface area contributed by atoms with E-state index in [4.69, 9.17) is 5.26 Å². The van der Waals surface area contributed by atoms with Crippen LogP contribution in [0.15, 0.2) is 48.5 Å². The van der Waals surface area contributed by atoms with Gasteiger partial charge in [-0.05, 0) is 37.1 Å². The predicted octanol–water partition coefficient (Wildman–Crippen LogP) is 4.04. The van der Waals surface area contributed by atoms with Crippen molar-refractivity contribution in [3.8, 4) is 6.07 Å². The van der Waals surface area contributed by atoms with Gasteiger partial charge in [-0.15, -0.1) is 0 Å². The maximum Gasteiger partial charge on any atom is 0.0992 e. The van der Waals surface area contributed by atoms with Crippen molar-refractivity contribution in [3.05, 3.63) is 65.2 Å². The molecular weight excluding hydrogens is 220 g/mol. The maximum atomic E-state index is 8.93. The lowest BCUT2D eigenvalue weighted by molar-refractivity contribution is 0.882. The summed E-state index contributed by atoms with van der Waals surface area (Å²) in [5, 5.41) is 12.4. The molecule has 0 saturated heterocycles. The number of rotatable bonds is 3. The molecule has 0 amide bonds. The zero-order chi connectivity index (χ0) is 13.0. The zero-order valence-electron chi connectivity index (χ0n) is 10.6. The van der Waals surface area contributed by atoms with Gasteiger partial charge in [-0.2, -0.15) is 5.26 Å². The Bertz CT molecular complexity index is 567. The fourth-order valence-electron chi connectivity index (χ4n) is 1.91. The van der Waals surface area contributed by atoms with Crippen molar-refractivity contribution < 1.29 is 0 Å². The smallest absolute Gasteiger partial charge is 0.0992 e. The lowest BCUT2D eigenvalue weighted by Gasteiger charge is -2.17. The van der Waals surface area contributed by atoms with Gasteiger partial charge in [0.05, 0.1) is 11.6 Å². The minimum atomic E-state index is 0.221. The van der Waals surface area contributed by atoms with Gasteiger partial charge in [0, 0.05) is 11.7 Å². The zero-order valence-corrected chi connectivity index (χ0v) is 10.6. The summed E-state index contributed by atoms with van der Waals surface area (Å²) in [5.74, 6) is 0. The Morgan fingerprint density at radius 1 is 1.11 bits per heavy atom. The highest BCUT2D eigenvalue weighted by Crippen LogP contribution is 2.22. The van der Waals surface area contributed by atoms with Crippen LogP contribution in [-0.2, 0) is 0 Å². The van der Waals surface area contributed by atoms with E-state index in [1.807, 2.05) is 43.3 Å². The van der Waals surface area contributed by atoms with Crippen molar-refractivity contribution in [1.29, 1.82) is 5.26 Å². The largest absolute Gasteiger partial charge is 0.378 e. The fraction of sp³-hybridized carbons (Fsp3) is 0.188. The van der Waals surface area contributed by atoms with Crippen molar-refractivity contribution in [1.82, 2.24) is 0 Å². The van der Waals surface area contributed by atoms with Crippen LogP contribution in [0, 0.1) is 18.3 Å². The molecule has 1 atom stereocenters. The van der Waals surface area contributed by atoms with E-state index in [2.05, 4.69) is 30.4 Å². The molecule has 0 spiro atoms. The molecule has 2 rings (SSSR count). The lowest BCUT2D eigenvalue weighted by Crippen LogP contribution is -2.07. The predicted molar refractivity (Wildman–Crippen MR) is 74.4 cm³/mol. The molecule has 1 N–H and O–H groups in total. The summed E-state index contributed by atoms with van der Waals surface area (Å²) in [6.45, 7) is 4.16. The van der Waals surface area contributed by atoms with Gasteiger partial charge in [0.25, 0.3) is 0 Å². The van der Waals surface area contributed by atoms with Crippen LogP contribution >= 0.6 is 0 Å². The van der Waals surface area contributed by atoms with Gasteiger partial charge in [-0.1, -0.05) is 36.4 Å². The number of nitrogens with one attached hydrogen (secondary N) is 1. The summed E-state index contributed by atoms with van der Waals surface area (Å²) in [4.78, 5) is 0. The van der Waals surface area contributed by atoms with Gasteiger partial charge in [0.1, 0.15) is 0 Å². The summed E-state index contributed by atoms with van der Waals surface area (Å²) in [5.41, 5.74) is 4.09. The topological polar surface area (TPSA) is 35.8 Å². The molecule has 0 aliphatic carbocycles. The summed E-state index contributed by atoms with van der Waals surface area (Å²) in [7, 11) is 0. The molecule has 90 valence electrons. The first-order valence-electron chi connectivity index (χ1n) is 6.03. The van der Waals surface area contributed by atoms with Gasteiger partial charge in [-0.3, -0.25) is 0 Å². The third-order valence-electron chi connectivity index (χ3n) is 3.04. The van der Waals surface area contributed by atoms with Gasteiger partial charge in [-0.25, -0.2) is 0 Å². The number of hydrogen-bond donors (Lipinski definition) is 1. The quantitative estimate of drug-likeness (QED) is 0.873. The van der Waals surface area contributed by atoms with E-state index in [1.54, 1.807) is 0 Å². The number of anilines is 1. The Hall–Kier alpha value is -2.27. The molecule has 0 heterocycles. The molecule has 2 aromatic rings. The van der Waals surface area contributed by atoms with Crippen molar-refractivity contribution in [3.63, 3.8) is 0 Å². The molecule has 0 radical (unpaired) electrons. The number of aryl methyl sites for hydroxylation is 1. The summed E-state index contributed by atoms with van der Waals surface area (Å²) < 4.78 is 0. The van der Waals surface area contributed by atoms with Gasteiger partial charge < -0.3 is 5.32 Å². The maximum absolute atomic E-state index is 8.93. The van der Waals surface area contributed by atoms with Crippen LogP contribution in [0.2, 0.25) is 0 Å². The van der Waals surface area contributed by atoms with Crippen molar-refractivity contribution in [2.24, 2.45) is 0 Å². The van der Waals surface area contributed by atoms with Crippen LogP contribution < -0.4 is 5.32 Å². The molecule has 18 heavy (non-hydrogen) atoms. The Balaban J connectivity index is 2.22. The Labute approximate surface area is 108 Å². The van der Waals surface area contributed by atoms with E-state index < -0.39 is 0 Å². The average molecular weight is 236 g/mol. The van der Waals surface area contributed by atoms with Gasteiger partial charge >= 0.3 is 0 Å². The Kier molecular flexibility index (Phi) is 3.64. The molecule has 0 saturated carbocycles. The lowest BCUT2D eigenvalue weighted by atomic mass is 10.1. The second-order valence-corrected chi connectivity index (χ2v) is 4.42. The highest BCUT2D eigenvalue weighted by Gasteiger charge is 2.06. The summed E-state index contributed by atoms with van der Waals surface area (Å²) >= 11 is 0. The molecule has 0 aromatic heterocycles. The molecular formula is C16H16N2. The van der Waals surface area contributed by atoms with Crippen molar-refractivity contribution in [2.75, 3.05) is 5.32 Å². The first kappa shape index (κ1) is 12.2. The van der Waals surface area contributed by atoms with Crippen molar-refractivity contribution >= 4 is 5.69 Å². The van der Waals surface area contributed by atoms with Gasteiger partial charge in [0.15, 0.2) is 0 Å². The molecule has 2 aromatic carbocycles. The molecule has 0 fully saturated rings. The van der Waals surface area contributed by atoms with E-state index in [1.165, 1.54) is 5.56 Å². The molecule has 0 bridgehead atoms. The number of hydrogen-bond acceptors (Lipinski definition) is 2. The van der Waals surface area contributed by atoms with Crippen LogP contribution in [0.5, 0.6) is 0 Å². The second-order valence-electron chi connectivity index (χ2n) is 4.42. The molecule has 1 unspecified atom stereocenters. The van der Waals surface area contributed by atoms with Crippen LogP contribution in [0.3, 0.4) is 0 Å². The van der Waals surface area contributed by atoms with Crippen LogP contribution in [0.1, 0.15) is 29.7 Å². The first-order valence-corrected chi connectivity index (χ1v) is 6.03. The van der Waals surface area contributed by atoms with E-state index in [-0.39, 0.29) is 6.04 Å². The summed E-state index contributed by atoms with van der Waals surface area (Å²) in [6.07, 6.45) is 0. The average Bonchev–Trinajstić information content (AvgIpc) is 2.42. The third-order valence-corrected chi connectivity index (χ3v) is 3.04. The second kappa shape index (κ2) is 5.37. The number of nitrogens with zero attached hydrogens (tertiary/aromatic N) is 1. The minimum absolute atomic E-state index is 0.221. The standard InChI is InChI=1S/C16H16N2/c1-12-8-9-14(11-17)10-16(12)18-13(2)15-6-4-3-5-7-15/h3-10,13,18H,1-2H3. The minimum Gasteiger partial charge on any atom is -0.378 e. The first-order chi connectivity index (χ1) is 8.70.